The first-order valence-corrected chi connectivity index (χ1v) is 8.00. The summed E-state index contributed by atoms with van der Waals surface area (Å²) < 4.78 is 0. The van der Waals surface area contributed by atoms with Crippen LogP contribution in [0.5, 0.6) is 11.5 Å². The van der Waals surface area contributed by atoms with E-state index in [-0.39, 0.29) is 29.2 Å². The summed E-state index contributed by atoms with van der Waals surface area (Å²) in [6.07, 6.45) is 4.94. The number of likely N-dealkylation sites (tertiary alicyclic amines) is 1. The number of Topliss-reactive ketones (excluding diaryl/α,β-unsaturated/α-hetero) is 1. The number of phenolic OH excluding ortho intramolecular Hbond substituents is 2. The Labute approximate surface area is 139 Å². The summed E-state index contributed by atoms with van der Waals surface area (Å²) in [5.74, 6) is -0.0866. The van der Waals surface area contributed by atoms with Crippen molar-refractivity contribution in [3.8, 4) is 11.5 Å². The van der Waals surface area contributed by atoms with Crippen LogP contribution in [-0.4, -0.2) is 39.9 Å². The molecule has 1 fully saturated rings. The number of carbonyl (C=O) groups is 2. The fourth-order valence-electron chi connectivity index (χ4n) is 3.52. The van der Waals surface area contributed by atoms with Gasteiger partial charge in [-0.05, 0) is 36.0 Å². The smallest absolute Gasteiger partial charge is 0.210 e. The number of phenols is 2. The number of ketones is 1. The molecular formula is C17H18ClNO4. The minimum Gasteiger partial charge on any atom is -0.504 e. The van der Waals surface area contributed by atoms with Crippen LogP contribution in [0.2, 0.25) is 5.02 Å². The van der Waals surface area contributed by atoms with Crippen molar-refractivity contribution in [2.45, 2.75) is 31.7 Å². The Kier molecular flexibility index (Phi) is 4.31. The summed E-state index contributed by atoms with van der Waals surface area (Å²) in [6.45, 7) is 0.602. The Morgan fingerprint density at radius 3 is 2.78 bits per heavy atom. The lowest BCUT2D eigenvalue weighted by Crippen LogP contribution is -2.46. The summed E-state index contributed by atoms with van der Waals surface area (Å²) in [4.78, 5) is 24.8. The van der Waals surface area contributed by atoms with Crippen LogP contribution in [-0.2, 0) is 16.0 Å². The predicted molar refractivity (Wildman–Crippen MR) is 85.5 cm³/mol. The molecule has 0 saturated carbocycles. The highest BCUT2D eigenvalue weighted by Crippen LogP contribution is 2.38. The molecule has 1 heterocycles. The van der Waals surface area contributed by atoms with Gasteiger partial charge < -0.3 is 15.1 Å². The lowest BCUT2D eigenvalue weighted by molar-refractivity contribution is -0.121. The molecular weight excluding hydrogens is 318 g/mol. The number of hydrogen-bond acceptors (Lipinski definition) is 4. The molecule has 122 valence electrons. The van der Waals surface area contributed by atoms with Gasteiger partial charge in [-0.15, -0.1) is 0 Å². The molecule has 0 spiro atoms. The van der Waals surface area contributed by atoms with Crippen molar-refractivity contribution in [2.75, 3.05) is 6.54 Å². The lowest BCUT2D eigenvalue weighted by atomic mass is 9.76. The van der Waals surface area contributed by atoms with Gasteiger partial charge in [-0.3, -0.25) is 9.59 Å². The molecule has 2 N–H and O–H groups in total. The molecule has 1 unspecified atom stereocenters. The molecule has 23 heavy (non-hydrogen) atoms. The third-order valence-electron chi connectivity index (χ3n) is 4.72. The summed E-state index contributed by atoms with van der Waals surface area (Å²) in [5.41, 5.74) is 1.77. The van der Waals surface area contributed by atoms with E-state index in [0.717, 1.165) is 18.4 Å². The number of amides is 1. The number of halogens is 1. The van der Waals surface area contributed by atoms with Crippen molar-refractivity contribution in [3.63, 3.8) is 0 Å². The van der Waals surface area contributed by atoms with Crippen LogP contribution in [0, 0.1) is 5.92 Å². The van der Waals surface area contributed by atoms with E-state index < -0.39 is 0 Å². The normalized spacial score (nSPS) is 24.1. The molecule has 5 nitrogen and oxygen atoms in total. The zero-order valence-corrected chi connectivity index (χ0v) is 13.3. The largest absolute Gasteiger partial charge is 0.504 e. The van der Waals surface area contributed by atoms with E-state index in [4.69, 9.17) is 11.6 Å². The first-order valence-electron chi connectivity index (χ1n) is 7.62. The van der Waals surface area contributed by atoms with Gasteiger partial charge in [-0.2, -0.15) is 0 Å². The third kappa shape index (κ3) is 3.06. The van der Waals surface area contributed by atoms with E-state index in [0.29, 0.717) is 36.4 Å². The maximum atomic E-state index is 11.7. The SMILES string of the molecule is O=CN1CCC2CC(=O)CC=C2[C@H]1Cc1cc(O)c(O)cc1Cl. The first kappa shape index (κ1) is 15.9. The van der Waals surface area contributed by atoms with Gasteiger partial charge in [0.15, 0.2) is 11.5 Å². The van der Waals surface area contributed by atoms with E-state index in [9.17, 15) is 19.8 Å². The van der Waals surface area contributed by atoms with Crippen molar-refractivity contribution >= 4 is 23.8 Å². The minimum absolute atomic E-state index is 0.166. The molecule has 1 aliphatic carbocycles. The van der Waals surface area contributed by atoms with Crippen molar-refractivity contribution in [2.24, 2.45) is 5.92 Å². The fourth-order valence-corrected chi connectivity index (χ4v) is 3.76. The Morgan fingerprint density at radius 1 is 1.30 bits per heavy atom. The molecule has 2 aliphatic rings. The Morgan fingerprint density at radius 2 is 2.04 bits per heavy atom. The van der Waals surface area contributed by atoms with Crippen molar-refractivity contribution in [1.82, 2.24) is 4.90 Å². The molecule has 1 saturated heterocycles. The maximum absolute atomic E-state index is 11.7. The van der Waals surface area contributed by atoms with Gasteiger partial charge in [-0.1, -0.05) is 17.7 Å². The number of aromatic hydroxyl groups is 2. The number of fused-ring (bicyclic) bond motifs is 1. The molecule has 0 bridgehead atoms. The second-order valence-corrected chi connectivity index (χ2v) is 6.54. The highest BCUT2D eigenvalue weighted by atomic mass is 35.5. The Balaban J connectivity index is 1.93. The molecule has 1 aliphatic heterocycles. The van der Waals surface area contributed by atoms with E-state index in [1.807, 2.05) is 6.08 Å². The number of piperidine rings is 1. The molecule has 3 rings (SSSR count). The third-order valence-corrected chi connectivity index (χ3v) is 5.08. The highest BCUT2D eigenvalue weighted by molar-refractivity contribution is 6.31. The molecule has 1 amide bonds. The fraction of sp³-hybridized carbons (Fsp3) is 0.412. The molecule has 0 radical (unpaired) electrons. The second-order valence-electron chi connectivity index (χ2n) is 6.13. The van der Waals surface area contributed by atoms with Gasteiger partial charge in [0, 0.05) is 30.5 Å². The van der Waals surface area contributed by atoms with Crippen molar-refractivity contribution in [1.29, 1.82) is 0 Å². The van der Waals surface area contributed by atoms with E-state index >= 15 is 0 Å². The monoisotopic (exact) mass is 335 g/mol. The molecule has 1 aromatic rings. The lowest BCUT2D eigenvalue weighted by Gasteiger charge is -2.41. The average molecular weight is 336 g/mol. The molecule has 2 atom stereocenters. The summed E-state index contributed by atoms with van der Waals surface area (Å²) in [5, 5.41) is 19.5. The Bertz CT molecular complexity index is 685. The number of benzene rings is 1. The van der Waals surface area contributed by atoms with Gasteiger partial charge in [0.2, 0.25) is 6.41 Å². The highest BCUT2D eigenvalue weighted by Gasteiger charge is 2.35. The quantitative estimate of drug-likeness (QED) is 0.505. The van der Waals surface area contributed by atoms with Crippen molar-refractivity contribution in [3.05, 3.63) is 34.4 Å². The number of carbonyl (C=O) groups excluding carboxylic acids is 2. The van der Waals surface area contributed by atoms with Crippen LogP contribution in [0.25, 0.3) is 0 Å². The van der Waals surface area contributed by atoms with Gasteiger partial charge in [0.25, 0.3) is 0 Å². The molecule has 0 aromatic heterocycles. The van der Waals surface area contributed by atoms with Crippen molar-refractivity contribution < 1.29 is 19.8 Å². The van der Waals surface area contributed by atoms with Crippen LogP contribution in [0.15, 0.2) is 23.8 Å². The first-order chi connectivity index (χ1) is 11.0. The van der Waals surface area contributed by atoms with Crippen LogP contribution < -0.4 is 0 Å². The number of hydrogen-bond donors (Lipinski definition) is 2. The zero-order valence-electron chi connectivity index (χ0n) is 12.5. The second kappa shape index (κ2) is 6.24. The van der Waals surface area contributed by atoms with Gasteiger partial charge in [0.1, 0.15) is 5.78 Å². The van der Waals surface area contributed by atoms with E-state index in [2.05, 4.69) is 0 Å². The number of nitrogens with zero attached hydrogens (tertiary/aromatic N) is 1. The standard InChI is InChI=1S/C17H18ClNO4/c18-14-8-17(23)16(22)7-11(14)6-15-13-2-1-12(21)5-10(13)3-4-19(15)9-20/h2,7-10,15,22-23H,1,3-6H2/t10?,15-/m1/s1. The number of rotatable bonds is 3. The van der Waals surface area contributed by atoms with Gasteiger partial charge in [-0.25, -0.2) is 0 Å². The summed E-state index contributed by atoms with van der Waals surface area (Å²) in [7, 11) is 0. The van der Waals surface area contributed by atoms with E-state index in [1.54, 1.807) is 4.90 Å². The van der Waals surface area contributed by atoms with Crippen LogP contribution in [0.3, 0.4) is 0 Å². The topological polar surface area (TPSA) is 77.8 Å². The molecule has 6 heteroatoms. The van der Waals surface area contributed by atoms with Crippen LogP contribution >= 0.6 is 11.6 Å². The zero-order chi connectivity index (χ0) is 16.6. The van der Waals surface area contributed by atoms with Crippen LogP contribution in [0.4, 0.5) is 0 Å². The molecule has 1 aromatic carbocycles. The Hall–Kier alpha value is -2.01. The maximum Gasteiger partial charge on any atom is 0.210 e. The minimum atomic E-state index is -0.269. The summed E-state index contributed by atoms with van der Waals surface area (Å²) >= 11 is 6.16. The summed E-state index contributed by atoms with van der Waals surface area (Å²) in [6, 6.07) is 2.57. The number of allylic oxidation sites excluding steroid dienone is 1. The van der Waals surface area contributed by atoms with E-state index in [1.165, 1.54) is 12.1 Å². The van der Waals surface area contributed by atoms with Crippen LogP contribution in [0.1, 0.15) is 24.8 Å². The van der Waals surface area contributed by atoms with Gasteiger partial charge >= 0.3 is 0 Å². The van der Waals surface area contributed by atoms with Gasteiger partial charge in [0.05, 0.1) is 6.04 Å². The average Bonchev–Trinajstić information content (AvgIpc) is 2.52. The predicted octanol–water partition coefficient (Wildman–Crippen LogP) is 2.43.